The highest BCUT2D eigenvalue weighted by Crippen LogP contribution is 2.39. The van der Waals surface area contributed by atoms with Crippen molar-refractivity contribution in [3.8, 4) is 0 Å². The summed E-state index contributed by atoms with van der Waals surface area (Å²) in [5.74, 6) is 0.722. The molecule has 1 aliphatic heterocycles. The molecule has 1 aromatic rings. The Kier molecular flexibility index (Phi) is 4.55. The first-order valence-corrected chi connectivity index (χ1v) is 7.93. The van der Waals surface area contributed by atoms with Crippen molar-refractivity contribution in [2.75, 3.05) is 20.6 Å². The summed E-state index contributed by atoms with van der Waals surface area (Å²) < 4.78 is 2.51. The van der Waals surface area contributed by atoms with Gasteiger partial charge in [0, 0.05) is 44.4 Å². The molecule has 0 fully saturated rings. The first-order chi connectivity index (χ1) is 9.84. The Labute approximate surface area is 129 Å². The van der Waals surface area contributed by atoms with E-state index in [0.717, 1.165) is 12.5 Å². The monoisotopic (exact) mass is 285 g/mol. The lowest BCUT2D eigenvalue weighted by Crippen LogP contribution is -2.28. The number of hydrogen-bond acceptors (Lipinski definition) is 1. The third kappa shape index (κ3) is 3.20. The molecule has 0 aromatic heterocycles. The average Bonchev–Trinajstić information content (AvgIpc) is 2.62. The normalized spacial score (nSPS) is 16.9. The Morgan fingerprint density at radius 3 is 2.48 bits per heavy atom. The van der Waals surface area contributed by atoms with Crippen molar-refractivity contribution < 1.29 is 4.58 Å². The van der Waals surface area contributed by atoms with Crippen molar-refractivity contribution in [1.29, 1.82) is 0 Å². The molecule has 2 heteroatoms. The van der Waals surface area contributed by atoms with Crippen LogP contribution in [0.1, 0.15) is 39.7 Å². The van der Waals surface area contributed by atoms with E-state index in [1.807, 2.05) is 0 Å². The maximum Gasteiger partial charge on any atom is 0.209 e. The number of para-hydroxylation sites is 1. The van der Waals surface area contributed by atoms with Crippen molar-refractivity contribution in [2.24, 2.45) is 5.92 Å². The first kappa shape index (κ1) is 15.8. The van der Waals surface area contributed by atoms with E-state index in [1.165, 1.54) is 23.4 Å². The maximum atomic E-state index is 2.51. The lowest BCUT2D eigenvalue weighted by atomic mass is 9.81. The van der Waals surface area contributed by atoms with Crippen LogP contribution in [0.3, 0.4) is 0 Å². The van der Waals surface area contributed by atoms with Crippen LogP contribution < -0.4 is 0 Å². The molecule has 0 unspecified atom stereocenters. The molecule has 0 bridgehead atoms. The number of allylic oxidation sites excluding steroid dienone is 1. The summed E-state index contributed by atoms with van der Waals surface area (Å²) in [4.78, 5) is 2.10. The maximum absolute atomic E-state index is 2.51. The zero-order chi connectivity index (χ0) is 15.6. The van der Waals surface area contributed by atoms with Gasteiger partial charge in [0.1, 0.15) is 6.54 Å². The SMILES string of the molecule is CC(C)CC[N+]1=C(/C=C/N(C)C)C(C)(C)c2ccccc21. The summed E-state index contributed by atoms with van der Waals surface area (Å²) in [6.07, 6.45) is 5.65. The van der Waals surface area contributed by atoms with E-state index in [-0.39, 0.29) is 5.41 Å². The Morgan fingerprint density at radius 1 is 1.19 bits per heavy atom. The molecule has 0 amide bonds. The minimum Gasteiger partial charge on any atom is -0.383 e. The van der Waals surface area contributed by atoms with E-state index in [0.29, 0.717) is 0 Å². The van der Waals surface area contributed by atoms with Crippen LogP contribution in [-0.4, -0.2) is 35.8 Å². The molecule has 1 heterocycles. The fourth-order valence-corrected chi connectivity index (χ4v) is 2.99. The van der Waals surface area contributed by atoms with Gasteiger partial charge in [0.05, 0.1) is 5.41 Å². The summed E-state index contributed by atoms with van der Waals surface area (Å²) in [7, 11) is 4.15. The molecule has 0 atom stereocenters. The highest BCUT2D eigenvalue weighted by molar-refractivity contribution is 6.02. The van der Waals surface area contributed by atoms with Crippen LogP contribution >= 0.6 is 0 Å². The first-order valence-electron chi connectivity index (χ1n) is 7.93. The third-order valence-corrected chi connectivity index (χ3v) is 4.26. The molecule has 0 saturated heterocycles. The van der Waals surface area contributed by atoms with Crippen LogP contribution in [0, 0.1) is 5.92 Å². The van der Waals surface area contributed by atoms with Gasteiger partial charge >= 0.3 is 0 Å². The predicted molar refractivity (Wildman–Crippen MR) is 91.5 cm³/mol. The van der Waals surface area contributed by atoms with Gasteiger partial charge in [-0.25, -0.2) is 0 Å². The topological polar surface area (TPSA) is 6.25 Å². The fourth-order valence-electron chi connectivity index (χ4n) is 2.99. The minimum absolute atomic E-state index is 0.0695. The molecular formula is C19H29N2+. The van der Waals surface area contributed by atoms with Gasteiger partial charge in [0.15, 0.2) is 5.71 Å². The van der Waals surface area contributed by atoms with E-state index in [9.17, 15) is 0 Å². The van der Waals surface area contributed by atoms with E-state index in [4.69, 9.17) is 0 Å². The summed E-state index contributed by atoms with van der Waals surface area (Å²) in [6.45, 7) is 10.3. The Morgan fingerprint density at radius 2 is 1.86 bits per heavy atom. The van der Waals surface area contributed by atoms with Crippen molar-refractivity contribution in [1.82, 2.24) is 4.90 Å². The molecule has 0 saturated carbocycles. The molecule has 21 heavy (non-hydrogen) atoms. The van der Waals surface area contributed by atoms with Crippen molar-refractivity contribution in [3.63, 3.8) is 0 Å². The standard InChI is InChI=1S/C19H29N2/c1-15(2)11-14-21-17-10-8-7-9-16(17)19(3,4)18(21)12-13-20(5)6/h7-10,12-13,15H,11,14H2,1-6H3/q+1. The molecule has 0 aliphatic carbocycles. The van der Waals surface area contributed by atoms with Gasteiger partial charge < -0.3 is 4.90 Å². The summed E-state index contributed by atoms with van der Waals surface area (Å²) in [5, 5.41) is 0. The Hall–Kier alpha value is -1.57. The highest BCUT2D eigenvalue weighted by atomic mass is 15.1. The smallest absolute Gasteiger partial charge is 0.209 e. The second kappa shape index (κ2) is 6.05. The van der Waals surface area contributed by atoms with Crippen LogP contribution in [-0.2, 0) is 5.41 Å². The Balaban J connectivity index is 2.49. The van der Waals surface area contributed by atoms with Gasteiger partial charge in [0.2, 0.25) is 5.69 Å². The lowest BCUT2D eigenvalue weighted by Gasteiger charge is -2.16. The van der Waals surface area contributed by atoms with Gasteiger partial charge in [-0.3, -0.25) is 0 Å². The summed E-state index contributed by atoms with van der Waals surface area (Å²) in [5.41, 5.74) is 4.28. The van der Waals surface area contributed by atoms with Crippen LogP contribution in [0.5, 0.6) is 0 Å². The van der Waals surface area contributed by atoms with Crippen molar-refractivity contribution in [3.05, 3.63) is 42.1 Å². The lowest BCUT2D eigenvalue weighted by molar-refractivity contribution is -0.439. The summed E-state index contributed by atoms with van der Waals surface area (Å²) in [6, 6.07) is 8.83. The predicted octanol–water partition coefficient (Wildman–Crippen LogP) is 4.18. The van der Waals surface area contributed by atoms with E-state index in [1.54, 1.807) is 0 Å². The molecular weight excluding hydrogens is 256 g/mol. The van der Waals surface area contributed by atoms with Gasteiger partial charge in [-0.2, -0.15) is 4.58 Å². The average molecular weight is 285 g/mol. The largest absolute Gasteiger partial charge is 0.383 e. The van der Waals surface area contributed by atoms with Crippen LogP contribution in [0.2, 0.25) is 0 Å². The second-order valence-electron chi connectivity index (χ2n) is 7.14. The number of fused-ring (bicyclic) bond motifs is 1. The van der Waals surface area contributed by atoms with Crippen molar-refractivity contribution in [2.45, 2.75) is 39.5 Å². The molecule has 2 rings (SSSR count). The third-order valence-electron chi connectivity index (χ3n) is 4.26. The van der Waals surface area contributed by atoms with Gasteiger partial charge in [-0.15, -0.1) is 0 Å². The van der Waals surface area contributed by atoms with E-state index in [2.05, 4.69) is 87.8 Å². The quantitative estimate of drug-likeness (QED) is 0.735. The molecule has 1 aliphatic rings. The molecule has 0 radical (unpaired) electrons. The van der Waals surface area contributed by atoms with E-state index >= 15 is 0 Å². The van der Waals surface area contributed by atoms with Gasteiger partial charge in [-0.05, 0) is 19.8 Å². The van der Waals surface area contributed by atoms with Crippen LogP contribution in [0.25, 0.3) is 0 Å². The van der Waals surface area contributed by atoms with Crippen LogP contribution in [0.4, 0.5) is 5.69 Å². The number of nitrogens with zero attached hydrogens (tertiary/aromatic N) is 2. The van der Waals surface area contributed by atoms with E-state index < -0.39 is 0 Å². The number of rotatable bonds is 5. The summed E-state index contributed by atoms with van der Waals surface area (Å²) >= 11 is 0. The van der Waals surface area contributed by atoms with Crippen LogP contribution in [0.15, 0.2) is 36.5 Å². The zero-order valence-electron chi connectivity index (χ0n) is 14.4. The molecule has 2 nitrogen and oxygen atoms in total. The molecule has 0 spiro atoms. The number of hydrogen-bond donors (Lipinski definition) is 0. The van der Waals surface area contributed by atoms with Gasteiger partial charge in [0.25, 0.3) is 0 Å². The zero-order valence-corrected chi connectivity index (χ0v) is 14.4. The molecule has 1 aromatic carbocycles. The van der Waals surface area contributed by atoms with Crippen molar-refractivity contribution >= 4 is 11.4 Å². The fraction of sp³-hybridized carbons (Fsp3) is 0.526. The minimum atomic E-state index is 0.0695. The Bertz CT molecular complexity index is 563. The number of benzene rings is 1. The molecule has 0 N–H and O–H groups in total. The highest BCUT2D eigenvalue weighted by Gasteiger charge is 2.43. The second-order valence-corrected chi connectivity index (χ2v) is 7.14. The van der Waals surface area contributed by atoms with Gasteiger partial charge in [-0.1, -0.05) is 32.0 Å². The molecule has 114 valence electrons.